The van der Waals surface area contributed by atoms with Crippen LogP contribution < -0.4 is 5.32 Å². The van der Waals surface area contributed by atoms with Crippen molar-refractivity contribution < 1.29 is 9.59 Å². The van der Waals surface area contributed by atoms with E-state index in [-0.39, 0.29) is 17.7 Å². The lowest BCUT2D eigenvalue weighted by atomic mass is 10.0. The molecule has 2 amide bonds. The van der Waals surface area contributed by atoms with Gasteiger partial charge >= 0.3 is 0 Å². The molecule has 1 aromatic carbocycles. The second-order valence-corrected chi connectivity index (χ2v) is 8.94. The Kier molecular flexibility index (Phi) is 7.03. The number of nitrogens with one attached hydrogen (secondary N) is 1. The highest BCUT2D eigenvalue weighted by atomic mass is 35.5. The van der Waals surface area contributed by atoms with Crippen LogP contribution in [-0.2, 0) is 16.1 Å². The molecule has 0 spiro atoms. The van der Waals surface area contributed by atoms with Crippen LogP contribution in [0.1, 0.15) is 38.3 Å². The van der Waals surface area contributed by atoms with Crippen LogP contribution in [0.2, 0.25) is 5.02 Å². The first-order valence-corrected chi connectivity index (χ1v) is 11.5. The molecule has 2 unspecified atom stereocenters. The number of likely N-dealkylation sites (tertiary alicyclic amines) is 1. The number of nitrogens with zero attached hydrogens (tertiary/aromatic N) is 5. The first kappa shape index (κ1) is 22.9. The standard InChI is InChI=1S/C24H27ClN6O2/c1-16(2)22(31-13-11-28-29-31)24(33)30-12-3-4-21(30)23(32)27-14-17-5-7-18(8-6-17)19-9-10-26-15-20(19)25/h5-11,13,15-16,21-22H,3-4,12,14H2,1-2H3,(H,27,32). The van der Waals surface area contributed by atoms with Crippen LogP contribution in [0, 0.1) is 5.92 Å². The van der Waals surface area contributed by atoms with Crippen molar-refractivity contribution in [1.82, 2.24) is 30.2 Å². The van der Waals surface area contributed by atoms with Crippen molar-refractivity contribution in [3.8, 4) is 11.1 Å². The molecule has 4 rings (SSSR count). The highest BCUT2D eigenvalue weighted by Gasteiger charge is 2.39. The van der Waals surface area contributed by atoms with Gasteiger partial charge in [-0.05, 0) is 36.0 Å². The van der Waals surface area contributed by atoms with E-state index >= 15 is 0 Å². The van der Waals surface area contributed by atoms with Crippen molar-refractivity contribution in [1.29, 1.82) is 0 Å². The molecule has 0 aliphatic carbocycles. The lowest BCUT2D eigenvalue weighted by Gasteiger charge is -2.29. The molecule has 3 aromatic rings. The quantitative estimate of drug-likeness (QED) is 0.575. The maximum atomic E-state index is 13.3. The van der Waals surface area contributed by atoms with E-state index in [4.69, 9.17) is 11.6 Å². The monoisotopic (exact) mass is 466 g/mol. The Labute approximate surface area is 198 Å². The summed E-state index contributed by atoms with van der Waals surface area (Å²) in [7, 11) is 0. The number of hydrogen-bond donors (Lipinski definition) is 1. The van der Waals surface area contributed by atoms with Gasteiger partial charge in [0.05, 0.1) is 11.2 Å². The summed E-state index contributed by atoms with van der Waals surface area (Å²) in [5.41, 5.74) is 2.86. The van der Waals surface area contributed by atoms with E-state index in [9.17, 15) is 9.59 Å². The number of carbonyl (C=O) groups is 2. The minimum absolute atomic E-state index is 0.0240. The fourth-order valence-electron chi connectivity index (χ4n) is 4.26. The Bertz CT molecular complexity index is 1100. The lowest BCUT2D eigenvalue weighted by molar-refractivity contribution is -0.142. The molecule has 1 saturated heterocycles. The number of aromatic nitrogens is 4. The summed E-state index contributed by atoms with van der Waals surface area (Å²) in [5.74, 6) is -0.203. The van der Waals surface area contributed by atoms with E-state index in [2.05, 4.69) is 20.6 Å². The van der Waals surface area contributed by atoms with Crippen molar-refractivity contribution in [3.05, 3.63) is 65.7 Å². The molecular weight excluding hydrogens is 440 g/mol. The Morgan fingerprint density at radius 1 is 1.18 bits per heavy atom. The van der Waals surface area contributed by atoms with Gasteiger partial charge in [-0.2, -0.15) is 0 Å². The molecule has 1 fully saturated rings. The summed E-state index contributed by atoms with van der Waals surface area (Å²) in [6.07, 6.45) is 8.02. The molecule has 1 N–H and O–H groups in total. The summed E-state index contributed by atoms with van der Waals surface area (Å²) in [6, 6.07) is 8.78. The summed E-state index contributed by atoms with van der Waals surface area (Å²) < 4.78 is 1.58. The van der Waals surface area contributed by atoms with E-state index in [1.165, 1.54) is 0 Å². The molecule has 2 aromatic heterocycles. The van der Waals surface area contributed by atoms with Crippen LogP contribution in [-0.4, -0.2) is 49.3 Å². The third-order valence-corrected chi connectivity index (χ3v) is 6.25. The van der Waals surface area contributed by atoms with Crippen molar-refractivity contribution in [2.24, 2.45) is 5.92 Å². The number of amides is 2. The van der Waals surface area contributed by atoms with E-state index in [0.29, 0.717) is 24.5 Å². The number of rotatable bonds is 7. The van der Waals surface area contributed by atoms with Crippen LogP contribution in [0.5, 0.6) is 0 Å². The fraction of sp³-hybridized carbons (Fsp3) is 0.375. The zero-order valence-electron chi connectivity index (χ0n) is 18.7. The molecular formula is C24H27ClN6O2. The minimum Gasteiger partial charge on any atom is -0.350 e. The highest BCUT2D eigenvalue weighted by Crippen LogP contribution is 2.28. The molecule has 8 nitrogen and oxygen atoms in total. The van der Waals surface area contributed by atoms with Crippen molar-refractivity contribution in [2.75, 3.05) is 6.54 Å². The molecule has 33 heavy (non-hydrogen) atoms. The first-order valence-electron chi connectivity index (χ1n) is 11.1. The van der Waals surface area contributed by atoms with Crippen LogP contribution in [0.4, 0.5) is 0 Å². The van der Waals surface area contributed by atoms with E-state index < -0.39 is 12.1 Å². The maximum Gasteiger partial charge on any atom is 0.248 e. The zero-order chi connectivity index (χ0) is 23.4. The molecule has 2 atom stereocenters. The summed E-state index contributed by atoms with van der Waals surface area (Å²) in [6.45, 7) is 4.89. The van der Waals surface area contributed by atoms with Crippen LogP contribution >= 0.6 is 11.6 Å². The highest BCUT2D eigenvalue weighted by molar-refractivity contribution is 6.33. The smallest absolute Gasteiger partial charge is 0.248 e. The van der Waals surface area contributed by atoms with Gasteiger partial charge < -0.3 is 10.2 Å². The van der Waals surface area contributed by atoms with Crippen LogP contribution in [0.15, 0.2) is 55.1 Å². The largest absolute Gasteiger partial charge is 0.350 e. The predicted octanol–water partition coefficient (Wildman–Crippen LogP) is 3.50. The number of halogens is 1. The first-order chi connectivity index (χ1) is 16.0. The van der Waals surface area contributed by atoms with Gasteiger partial charge in [-0.15, -0.1) is 5.10 Å². The Morgan fingerprint density at radius 3 is 2.64 bits per heavy atom. The number of hydrogen-bond acceptors (Lipinski definition) is 5. The van der Waals surface area contributed by atoms with Gasteiger partial charge in [-0.25, -0.2) is 4.68 Å². The molecule has 9 heteroatoms. The molecule has 1 aliphatic heterocycles. The summed E-state index contributed by atoms with van der Waals surface area (Å²) in [5, 5.41) is 11.4. The van der Waals surface area contributed by atoms with E-state index in [1.54, 1.807) is 34.4 Å². The lowest BCUT2D eigenvalue weighted by Crippen LogP contribution is -2.48. The van der Waals surface area contributed by atoms with Gasteiger partial charge in [-0.3, -0.25) is 14.6 Å². The van der Waals surface area contributed by atoms with Gasteiger partial charge in [0.15, 0.2) is 0 Å². The van der Waals surface area contributed by atoms with Gasteiger partial charge in [0, 0.05) is 37.2 Å². The van der Waals surface area contributed by atoms with Crippen molar-refractivity contribution in [3.63, 3.8) is 0 Å². The van der Waals surface area contributed by atoms with Crippen LogP contribution in [0.25, 0.3) is 11.1 Å². The number of pyridine rings is 1. The number of benzene rings is 1. The van der Waals surface area contributed by atoms with Crippen molar-refractivity contribution in [2.45, 2.75) is 45.3 Å². The third kappa shape index (κ3) is 5.06. The van der Waals surface area contributed by atoms with E-state index in [0.717, 1.165) is 23.1 Å². The second-order valence-electron chi connectivity index (χ2n) is 8.53. The Morgan fingerprint density at radius 2 is 1.97 bits per heavy atom. The van der Waals surface area contributed by atoms with E-state index in [1.807, 2.05) is 44.2 Å². The normalized spacial score (nSPS) is 16.7. The molecule has 3 heterocycles. The molecule has 0 radical (unpaired) electrons. The minimum atomic E-state index is -0.478. The predicted molar refractivity (Wildman–Crippen MR) is 125 cm³/mol. The molecule has 0 saturated carbocycles. The van der Waals surface area contributed by atoms with Crippen molar-refractivity contribution >= 4 is 23.4 Å². The van der Waals surface area contributed by atoms with Gasteiger partial charge in [-0.1, -0.05) is 54.9 Å². The van der Waals surface area contributed by atoms with Gasteiger partial charge in [0.25, 0.3) is 0 Å². The average Bonchev–Trinajstić information content (AvgIpc) is 3.51. The molecule has 0 bridgehead atoms. The maximum absolute atomic E-state index is 13.3. The Balaban J connectivity index is 1.40. The second kappa shape index (κ2) is 10.1. The van der Waals surface area contributed by atoms with Gasteiger partial charge in [0.1, 0.15) is 12.1 Å². The summed E-state index contributed by atoms with van der Waals surface area (Å²) in [4.78, 5) is 32.0. The average molecular weight is 467 g/mol. The third-order valence-electron chi connectivity index (χ3n) is 5.95. The Hall–Kier alpha value is -3.26. The summed E-state index contributed by atoms with van der Waals surface area (Å²) >= 11 is 6.23. The topological polar surface area (TPSA) is 93.0 Å². The molecule has 172 valence electrons. The SMILES string of the molecule is CC(C)C(C(=O)N1CCCC1C(=O)NCc1ccc(-c2ccncc2Cl)cc1)n1ccnn1. The zero-order valence-corrected chi connectivity index (χ0v) is 19.4. The van der Waals surface area contributed by atoms with Gasteiger partial charge in [0.2, 0.25) is 11.8 Å². The number of carbonyl (C=O) groups excluding carboxylic acids is 2. The van der Waals surface area contributed by atoms with Crippen LogP contribution in [0.3, 0.4) is 0 Å². The molecule has 1 aliphatic rings. The fourth-order valence-corrected chi connectivity index (χ4v) is 4.49.